The van der Waals surface area contributed by atoms with Crippen LogP contribution < -0.4 is 20.4 Å². The minimum Gasteiger partial charge on any atom is -0.481 e. The molecule has 8 heteroatoms. The second kappa shape index (κ2) is 13.9. The Bertz CT molecular complexity index is 1420. The fraction of sp³-hybridized carbons (Fsp3) is 0.353. The molecule has 1 unspecified atom stereocenters. The van der Waals surface area contributed by atoms with Gasteiger partial charge in [0.15, 0.2) is 6.10 Å². The fourth-order valence-corrected chi connectivity index (χ4v) is 4.61. The minimum atomic E-state index is -0.679. The molecule has 0 bridgehead atoms. The van der Waals surface area contributed by atoms with Gasteiger partial charge in [-0.05, 0) is 72.7 Å². The van der Waals surface area contributed by atoms with E-state index in [4.69, 9.17) is 4.74 Å². The van der Waals surface area contributed by atoms with Crippen LogP contribution in [0.25, 0.3) is 0 Å². The molecule has 8 nitrogen and oxygen atoms in total. The van der Waals surface area contributed by atoms with Gasteiger partial charge in [0.25, 0.3) is 17.7 Å². The van der Waals surface area contributed by atoms with Crippen LogP contribution in [-0.2, 0) is 15.0 Å². The maximum absolute atomic E-state index is 13.4. The number of carbonyl (C=O) groups excluding carboxylic acids is 3. The highest BCUT2D eigenvalue weighted by Crippen LogP contribution is 2.29. The van der Waals surface area contributed by atoms with Crippen LogP contribution in [0.5, 0.6) is 5.75 Å². The van der Waals surface area contributed by atoms with Crippen molar-refractivity contribution in [3.05, 3.63) is 90.0 Å². The molecule has 1 atom stereocenters. The number of unbranched alkanes of at least 4 members (excludes halogenated alkanes) is 2. The lowest BCUT2D eigenvalue weighted by Gasteiger charge is -2.24. The molecule has 1 aliphatic rings. The maximum Gasteiger partial charge on any atom is 0.265 e. The summed E-state index contributed by atoms with van der Waals surface area (Å²) >= 11 is 0. The third-order valence-corrected chi connectivity index (χ3v) is 7.59. The van der Waals surface area contributed by atoms with Gasteiger partial charge in [0, 0.05) is 11.3 Å². The summed E-state index contributed by atoms with van der Waals surface area (Å²) in [6.07, 6.45) is 3.80. The van der Waals surface area contributed by atoms with E-state index in [1.807, 2.05) is 30.3 Å². The summed E-state index contributed by atoms with van der Waals surface area (Å²) in [7, 11) is 0. The lowest BCUT2D eigenvalue weighted by atomic mass is 9.82. The standard InChI is InChI=1S/C34H40N4O4/c1-5-7-9-17-29(42-28-20-18-25(19-21-28)34(3,4)6-2)33(41)35-26-14-12-13-24(22-26)32(40)36-30-23-31(39)38(37-30)27-15-10-8-11-16-27/h8,10-16,18-22,29H,5-7,9,17,23H2,1-4H3,(H,35,41)(H,36,37,40). The number of hydrazone groups is 1. The summed E-state index contributed by atoms with van der Waals surface area (Å²) in [6.45, 7) is 8.70. The Kier molecular flexibility index (Phi) is 10.1. The zero-order chi connectivity index (χ0) is 30.1. The molecule has 0 saturated carbocycles. The number of amidine groups is 1. The van der Waals surface area contributed by atoms with Gasteiger partial charge in [-0.1, -0.05) is 76.9 Å². The first-order valence-electron chi connectivity index (χ1n) is 14.6. The number of amides is 3. The van der Waals surface area contributed by atoms with Crippen molar-refractivity contribution in [2.75, 3.05) is 10.3 Å². The smallest absolute Gasteiger partial charge is 0.265 e. The lowest BCUT2D eigenvalue weighted by molar-refractivity contribution is -0.123. The van der Waals surface area contributed by atoms with Crippen LogP contribution in [0.4, 0.5) is 11.4 Å². The first-order chi connectivity index (χ1) is 20.2. The predicted molar refractivity (Wildman–Crippen MR) is 167 cm³/mol. The maximum atomic E-state index is 13.4. The second-order valence-electron chi connectivity index (χ2n) is 11.2. The molecule has 0 aliphatic carbocycles. The number of benzene rings is 3. The van der Waals surface area contributed by atoms with Crippen molar-refractivity contribution in [3.63, 3.8) is 0 Å². The van der Waals surface area contributed by atoms with Crippen molar-refractivity contribution in [1.82, 2.24) is 5.32 Å². The van der Waals surface area contributed by atoms with E-state index in [1.165, 1.54) is 10.6 Å². The number of ether oxygens (including phenoxy) is 1. The lowest BCUT2D eigenvalue weighted by Crippen LogP contribution is -2.33. The van der Waals surface area contributed by atoms with Gasteiger partial charge in [0.1, 0.15) is 11.6 Å². The molecule has 2 N–H and O–H groups in total. The summed E-state index contributed by atoms with van der Waals surface area (Å²) in [5, 5.41) is 11.2. The highest BCUT2D eigenvalue weighted by molar-refractivity contribution is 6.18. The summed E-state index contributed by atoms with van der Waals surface area (Å²) < 4.78 is 6.18. The Balaban J connectivity index is 1.42. The molecule has 0 aromatic heterocycles. The van der Waals surface area contributed by atoms with Gasteiger partial charge in [-0.2, -0.15) is 10.1 Å². The summed E-state index contributed by atoms with van der Waals surface area (Å²) in [5.74, 6) is -0.00692. The van der Waals surface area contributed by atoms with E-state index in [9.17, 15) is 14.4 Å². The molecule has 0 radical (unpaired) electrons. The normalized spacial score (nSPS) is 13.9. The summed E-state index contributed by atoms with van der Waals surface area (Å²) in [5.41, 5.74) is 2.73. The summed E-state index contributed by atoms with van der Waals surface area (Å²) in [4.78, 5) is 38.8. The van der Waals surface area contributed by atoms with Gasteiger partial charge in [-0.3, -0.25) is 14.4 Å². The highest BCUT2D eigenvalue weighted by Gasteiger charge is 2.27. The van der Waals surface area contributed by atoms with Crippen LogP contribution in [0.3, 0.4) is 0 Å². The zero-order valence-corrected chi connectivity index (χ0v) is 24.9. The molecular formula is C34H40N4O4. The van der Waals surface area contributed by atoms with Crippen LogP contribution in [0.2, 0.25) is 0 Å². The monoisotopic (exact) mass is 568 g/mol. The van der Waals surface area contributed by atoms with Gasteiger partial charge in [0.2, 0.25) is 0 Å². The quantitative estimate of drug-likeness (QED) is 0.234. The van der Waals surface area contributed by atoms with Gasteiger partial charge in [-0.25, -0.2) is 0 Å². The Morgan fingerprint density at radius 3 is 2.38 bits per heavy atom. The Morgan fingerprint density at radius 1 is 0.952 bits per heavy atom. The van der Waals surface area contributed by atoms with E-state index in [0.717, 1.165) is 25.7 Å². The minimum absolute atomic E-state index is 0.00917. The zero-order valence-electron chi connectivity index (χ0n) is 24.9. The molecule has 3 aromatic rings. The number of rotatable bonds is 12. The molecule has 0 saturated heterocycles. The first kappa shape index (κ1) is 30.5. The van der Waals surface area contributed by atoms with Crippen LogP contribution >= 0.6 is 0 Å². The molecule has 1 aliphatic heterocycles. The number of carbonyl (C=O) groups is 3. The largest absolute Gasteiger partial charge is 0.481 e. The van der Waals surface area contributed by atoms with Crippen LogP contribution in [0.15, 0.2) is 84.0 Å². The number of hydrogen-bond donors (Lipinski definition) is 2. The molecule has 42 heavy (non-hydrogen) atoms. The van der Waals surface area contributed by atoms with Crippen LogP contribution in [0.1, 0.15) is 82.1 Å². The average Bonchev–Trinajstić information content (AvgIpc) is 3.37. The van der Waals surface area contributed by atoms with Crippen LogP contribution in [0, 0.1) is 0 Å². The van der Waals surface area contributed by atoms with Gasteiger partial charge < -0.3 is 15.4 Å². The molecule has 4 rings (SSSR count). The topological polar surface area (TPSA) is 100 Å². The van der Waals surface area contributed by atoms with Gasteiger partial charge in [0.05, 0.1) is 12.1 Å². The van der Waals surface area contributed by atoms with E-state index >= 15 is 0 Å². The predicted octanol–water partition coefficient (Wildman–Crippen LogP) is 6.82. The molecular weight excluding hydrogens is 528 g/mol. The van der Waals surface area contributed by atoms with Gasteiger partial charge in [-0.15, -0.1) is 0 Å². The van der Waals surface area contributed by atoms with Crippen molar-refractivity contribution in [2.45, 2.75) is 77.7 Å². The number of nitrogens with one attached hydrogen (secondary N) is 2. The Labute approximate surface area is 248 Å². The van der Waals surface area contributed by atoms with E-state index in [2.05, 4.69) is 55.6 Å². The molecule has 3 amide bonds. The molecule has 3 aromatic carbocycles. The van der Waals surface area contributed by atoms with E-state index in [1.54, 1.807) is 36.4 Å². The number of anilines is 2. The molecule has 0 spiro atoms. The third kappa shape index (κ3) is 7.84. The third-order valence-electron chi connectivity index (χ3n) is 7.59. The van der Waals surface area contributed by atoms with E-state index < -0.39 is 12.0 Å². The average molecular weight is 569 g/mol. The van der Waals surface area contributed by atoms with Crippen molar-refractivity contribution < 1.29 is 19.1 Å². The number of para-hydroxylation sites is 1. The van der Waals surface area contributed by atoms with Crippen molar-refractivity contribution >= 4 is 34.9 Å². The van der Waals surface area contributed by atoms with E-state index in [0.29, 0.717) is 29.1 Å². The van der Waals surface area contributed by atoms with Crippen molar-refractivity contribution in [1.29, 1.82) is 0 Å². The number of hydrogen-bond acceptors (Lipinski definition) is 5. The SMILES string of the molecule is CCCCCC(Oc1ccc(C(C)(C)CC)cc1)C(=O)Nc1cccc(C(=O)NC2=NN(c3ccccc3)C(=O)C2)c1. The van der Waals surface area contributed by atoms with Crippen molar-refractivity contribution in [2.24, 2.45) is 5.10 Å². The van der Waals surface area contributed by atoms with Crippen molar-refractivity contribution in [3.8, 4) is 5.75 Å². The van der Waals surface area contributed by atoms with E-state index in [-0.39, 0.29) is 29.5 Å². The highest BCUT2D eigenvalue weighted by atomic mass is 16.5. The second-order valence-corrected chi connectivity index (χ2v) is 11.2. The molecule has 220 valence electrons. The fourth-order valence-electron chi connectivity index (χ4n) is 4.61. The Morgan fingerprint density at radius 2 is 1.69 bits per heavy atom. The van der Waals surface area contributed by atoms with Crippen LogP contribution in [-0.4, -0.2) is 29.7 Å². The van der Waals surface area contributed by atoms with Gasteiger partial charge >= 0.3 is 0 Å². The molecule has 0 fully saturated rings. The first-order valence-corrected chi connectivity index (χ1v) is 14.6. The summed E-state index contributed by atoms with van der Waals surface area (Å²) in [6, 6.07) is 23.7. The Hall–Kier alpha value is -4.46. The number of nitrogens with zero attached hydrogens (tertiary/aromatic N) is 2. The molecule has 1 heterocycles.